The normalized spacial score (nSPS) is 13.6. The molecule has 0 heteroatoms. The van der Waals surface area contributed by atoms with Gasteiger partial charge in [-0.15, -0.1) is 0 Å². The van der Waals surface area contributed by atoms with Gasteiger partial charge < -0.3 is 0 Å². The van der Waals surface area contributed by atoms with Crippen LogP contribution in [0.5, 0.6) is 0 Å². The van der Waals surface area contributed by atoms with Gasteiger partial charge in [0.05, 0.1) is 0 Å². The van der Waals surface area contributed by atoms with Crippen molar-refractivity contribution in [2.75, 3.05) is 0 Å². The Morgan fingerprint density at radius 2 is 1.32 bits per heavy atom. The zero-order valence-corrected chi connectivity index (χ0v) is 14.3. The summed E-state index contributed by atoms with van der Waals surface area (Å²) in [4.78, 5) is 0. The fourth-order valence-corrected chi connectivity index (χ4v) is 4.07. The zero-order chi connectivity index (χ0) is 16.8. The average molecular weight is 319 g/mol. The lowest BCUT2D eigenvalue weighted by atomic mass is 9.91. The highest BCUT2D eigenvalue weighted by Crippen LogP contribution is 2.42. The van der Waals surface area contributed by atoms with Gasteiger partial charge in [-0.1, -0.05) is 79.2 Å². The van der Waals surface area contributed by atoms with Crippen molar-refractivity contribution in [1.82, 2.24) is 0 Å². The van der Waals surface area contributed by atoms with Crippen molar-refractivity contribution in [3.05, 3.63) is 108 Å². The fourth-order valence-electron chi connectivity index (χ4n) is 4.07. The van der Waals surface area contributed by atoms with E-state index in [1.807, 2.05) is 0 Å². The maximum absolute atomic E-state index is 2.35. The molecule has 5 rings (SSSR count). The van der Waals surface area contributed by atoms with E-state index in [9.17, 15) is 0 Å². The van der Waals surface area contributed by atoms with Crippen LogP contribution in [0.4, 0.5) is 0 Å². The summed E-state index contributed by atoms with van der Waals surface area (Å²) in [5, 5.41) is 5.25. The molecule has 1 aliphatic carbocycles. The first kappa shape index (κ1) is 14.5. The highest BCUT2D eigenvalue weighted by molar-refractivity contribution is 6.06. The topological polar surface area (TPSA) is 0 Å². The molecule has 0 saturated carbocycles. The first-order valence-electron chi connectivity index (χ1n) is 8.94. The molecule has 0 saturated heterocycles. The summed E-state index contributed by atoms with van der Waals surface area (Å²) in [5.41, 5.74) is 6.88. The third kappa shape index (κ3) is 2.21. The van der Waals surface area contributed by atoms with Crippen molar-refractivity contribution in [1.29, 1.82) is 0 Å². The first-order valence-corrected chi connectivity index (χ1v) is 8.94. The van der Waals surface area contributed by atoms with E-state index in [2.05, 4.69) is 92.2 Å². The van der Waals surface area contributed by atoms with E-state index in [1.54, 1.807) is 0 Å². The van der Waals surface area contributed by atoms with Crippen LogP contribution in [0.25, 0.3) is 27.1 Å². The minimum Gasteiger partial charge on any atom is -0.0619 e. The molecule has 4 aromatic carbocycles. The Kier molecular flexibility index (Phi) is 3.24. The van der Waals surface area contributed by atoms with Gasteiger partial charge in [0.15, 0.2) is 0 Å². The summed E-state index contributed by atoms with van der Waals surface area (Å²) in [7, 11) is 0. The van der Waals surface area contributed by atoms with Crippen molar-refractivity contribution in [2.24, 2.45) is 0 Å². The molecule has 0 spiro atoms. The molecule has 0 N–H and O–H groups in total. The Bertz CT molecular complexity index is 1140. The van der Waals surface area contributed by atoms with Crippen LogP contribution < -0.4 is 0 Å². The quantitative estimate of drug-likeness (QED) is 0.358. The fraction of sp³-hybridized carbons (Fsp3) is 0.0800. The molecule has 0 fully saturated rings. The second kappa shape index (κ2) is 5.60. The van der Waals surface area contributed by atoms with Gasteiger partial charge in [0.2, 0.25) is 0 Å². The number of hydrogen-bond donors (Lipinski definition) is 0. The summed E-state index contributed by atoms with van der Waals surface area (Å²) >= 11 is 0. The third-order valence-corrected chi connectivity index (χ3v) is 5.28. The molecule has 0 nitrogen and oxygen atoms in total. The molecule has 1 aliphatic rings. The van der Waals surface area contributed by atoms with Gasteiger partial charge >= 0.3 is 0 Å². The van der Waals surface area contributed by atoms with Crippen LogP contribution in [0.2, 0.25) is 0 Å². The SMILES string of the molecule is CCC1=C(c2cccc3cc4ccccc4cc23)c2ccccc2[CH]1. The van der Waals surface area contributed by atoms with E-state index in [1.165, 1.54) is 49.4 Å². The van der Waals surface area contributed by atoms with Crippen LogP contribution in [-0.2, 0) is 0 Å². The van der Waals surface area contributed by atoms with Gasteiger partial charge in [0.1, 0.15) is 0 Å². The lowest BCUT2D eigenvalue weighted by molar-refractivity contribution is 1.13. The zero-order valence-electron chi connectivity index (χ0n) is 14.3. The molecule has 0 atom stereocenters. The Morgan fingerprint density at radius 3 is 2.16 bits per heavy atom. The molecular weight excluding hydrogens is 300 g/mol. The van der Waals surface area contributed by atoms with Crippen molar-refractivity contribution in [3.63, 3.8) is 0 Å². The minimum absolute atomic E-state index is 1.05. The Hall–Kier alpha value is -2.86. The van der Waals surface area contributed by atoms with Crippen molar-refractivity contribution in [2.45, 2.75) is 13.3 Å². The number of fused-ring (bicyclic) bond motifs is 3. The first-order chi connectivity index (χ1) is 12.3. The molecule has 0 unspecified atom stereocenters. The number of rotatable bonds is 2. The molecule has 119 valence electrons. The second-order valence-corrected chi connectivity index (χ2v) is 6.71. The molecule has 1 radical (unpaired) electrons. The van der Waals surface area contributed by atoms with Crippen LogP contribution in [0.1, 0.15) is 30.0 Å². The van der Waals surface area contributed by atoms with Crippen LogP contribution in [0.3, 0.4) is 0 Å². The number of hydrogen-bond acceptors (Lipinski definition) is 0. The second-order valence-electron chi connectivity index (χ2n) is 6.71. The standard InChI is InChI=1S/C25H19/c1-2-17-14-20-10-5-6-12-22(20)25(17)23-13-7-11-21-15-18-8-3-4-9-19(18)16-24(21)23/h3-16H,2H2,1H3. The predicted octanol–water partition coefficient (Wildman–Crippen LogP) is 6.77. The van der Waals surface area contributed by atoms with E-state index in [4.69, 9.17) is 0 Å². The van der Waals surface area contributed by atoms with Crippen molar-refractivity contribution in [3.8, 4) is 0 Å². The highest BCUT2D eigenvalue weighted by Gasteiger charge is 2.22. The van der Waals surface area contributed by atoms with Crippen molar-refractivity contribution >= 4 is 27.1 Å². The van der Waals surface area contributed by atoms with Gasteiger partial charge in [-0.3, -0.25) is 0 Å². The van der Waals surface area contributed by atoms with Crippen molar-refractivity contribution < 1.29 is 0 Å². The summed E-state index contributed by atoms with van der Waals surface area (Å²) < 4.78 is 0. The molecule has 4 aromatic rings. The summed E-state index contributed by atoms with van der Waals surface area (Å²) in [6, 6.07) is 28.7. The van der Waals surface area contributed by atoms with E-state index >= 15 is 0 Å². The van der Waals surface area contributed by atoms with Crippen LogP contribution >= 0.6 is 0 Å². The Balaban J connectivity index is 1.84. The van der Waals surface area contributed by atoms with Gasteiger partial charge in [0.25, 0.3) is 0 Å². The van der Waals surface area contributed by atoms with E-state index in [0.717, 1.165) is 6.42 Å². The molecule has 0 aromatic heterocycles. The largest absolute Gasteiger partial charge is 0.0619 e. The van der Waals surface area contributed by atoms with Crippen LogP contribution in [-0.4, -0.2) is 0 Å². The van der Waals surface area contributed by atoms with E-state index in [0.29, 0.717) is 0 Å². The molecule has 25 heavy (non-hydrogen) atoms. The van der Waals surface area contributed by atoms with Crippen LogP contribution in [0, 0.1) is 6.42 Å². The molecular formula is C25H19. The monoisotopic (exact) mass is 319 g/mol. The lowest BCUT2D eigenvalue weighted by Crippen LogP contribution is -1.90. The van der Waals surface area contributed by atoms with Gasteiger partial charge in [0, 0.05) is 6.42 Å². The molecule has 0 aliphatic heterocycles. The summed E-state index contributed by atoms with van der Waals surface area (Å²) in [5.74, 6) is 0. The van der Waals surface area contributed by atoms with E-state index < -0.39 is 0 Å². The number of benzene rings is 4. The summed E-state index contributed by atoms with van der Waals surface area (Å²) in [6.07, 6.45) is 3.40. The Labute approximate surface area is 148 Å². The highest BCUT2D eigenvalue weighted by atomic mass is 14.3. The third-order valence-electron chi connectivity index (χ3n) is 5.28. The van der Waals surface area contributed by atoms with Gasteiger partial charge in [-0.2, -0.15) is 0 Å². The van der Waals surface area contributed by atoms with Gasteiger partial charge in [-0.25, -0.2) is 0 Å². The number of allylic oxidation sites excluding steroid dienone is 1. The minimum atomic E-state index is 1.05. The maximum atomic E-state index is 2.35. The molecule has 0 amide bonds. The summed E-state index contributed by atoms with van der Waals surface area (Å²) in [6.45, 7) is 2.25. The average Bonchev–Trinajstić information content (AvgIpc) is 3.04. The molecule has 0 heterocycles. The molecule has 0 bridgehead atoms. The maximum Gasteiger partial charge on any atom is 0.0170 e. The van der Waals surface area contributed by atoms with Crippen LogP contribution in [0.15, 0.2) is 84.4 Å². The predicted molar refractivity (Wildman–Crippen MR) is 108 cm³/mol. The Morgan fingerprint density at radius 1 is 0.640 bits per heavy atom. The van der Waals surface area contributed by atoms with E-state index in [-0.39, 0.29) is 0 Å². The van der Waals surface area contributed by atoms with Gasteiger partial charge in [-0.05, 0) is 62.4 Å². The smallest absolute Gasteiger partial charge is 0.0170 e. The lowest BCUT2D eigenvalue weighted by Gasteiger charge is -2.13.